The van der Waals surface area contributed by atoms with Crippen LogP contribution in [-0.2, 0) is 42.4 Å². The van der Waals surface area contributed by atoms with Gasteiger partial charge in [-0.15, -0.1) is 0 Å². The Morgan fingerprint density at radius 1 is 1.15 bits per heavy atom. The number of rotatable bonds is 15. The van der Waals surface area contributed by atoms with E-state index < -0.39 is 81.0 Å². The second kappa shape index (κ2) is 15.4. The van der Waals surface area contributed by atoms with Crippen molar-refractivity contribution in [2.75, 3.05) is 13.3 Å². The van der Waals surface area contributed by atoms with Gasteiger partial charge in [-0.25, -0.2) is 13.9 Å². The van der Waals surface area contributed by atoms with Crippen molar-refractivity contribution in [3.8, 4) is 5.75 Å². The van der Waals surface area contributed by atoms with Crippen LogP contribution in [0.1, 0.15) is 53.9 Å². The topological polar surface area (TPSA) is 190 Å². The highest BCUT2D eigenvalue weighted by Gasteiger charge is 2.63. The number of benzene rings is 1. The molecule has 0 amide bonds. The molecule has 0 bridgehead atoms. The molecule has 4 rings (SSSR count). The SMILES string of the molecule is CCC(=O)O[C@H]1[C@H](C2CC=C3C(N)=NC=NN32)O[C@](CF)(CO[P@@](=O)(N[C@@H](C)C(=O)OC(C)C)Oc2ccccc2)[C@H]1OC(=O)CC. The summed E-state index contributed by atoms with van der Waals surface area (Å²) in [6.45, 7) is 5.65. The molecular formula is C30H41FN5O10P. The molecule has 0 saturated carbocycles. The number of carbonyl (C=O) groups is 3. The Balaban J connectivity index is 1.70. The first kappa shape index (κ1) is 36.0. The van der Waals surface area contributed by atoms with Gasteiger partial charge < -0.3 is 29.2 Å². The molecule has 3 aliphatic rings. The standard InChI is InChI=1S/C30H41FN5O10P/c1-6-23(37)43-26-25(21-13-14-22-28(32)33-17-34-36(21)22)45-30(15-31,27(26)44-24(38)7-2)16-41-47(40,46-20-11-9-8-10-12-20)35-19(5)29(39)42-18(3)4/h8-12,14,17-19,21,25-27H,6-7,13,15-16H2,1-5H3,(H,35,40)(H2,32,33,34)/t19-,21?,25-,26-,27-,30+,47-/m0/s1. The molecule has 1 saturated heterocycles. The molecular weight excluding hydrogens is 640 g/mol. The molecule has 47 heavy (non-hydrogen) atoms. The smallest absolute Gasteiger partial charge is 0.459 e. The summed E-state index contributed by atoms with van der Waals surface area (Å²) in [5, 5.41) is 8.34. The van der Waals surface area contributed by atoms with Crippen LogP contribution in [-0.4, -0.2) is 90.5 Å². The highest BCUT2D eigenvalue weighted by molar-refractivity contribution is 7.52. The third-order valence-corrected chi connectivity index (χ3v) is 9.10. The number of aliphatic imine (C=N–C) groups is 1. The number of halogens is 1. The number of nitrogens with two attached hydrogens (primary N) is 1. The Morgan fingerprint density at radius 3 is 2.47 bits per heavy atom. The molecule has 3 heterocycles. The molecule has 258 valence electrons. The molecule has 1 fully saturated rings. The van der Waals surface area contributed by atoms with Crippen LogP contribution in [0.25, 0.3) is 0 Å². The Hall–Kier alpha value is -3.85. The minimum absolute atomic E-state index is 0.0408. The molecule has 0 radical (unpaired) electrons. The van der Waals surface area contributed by atoms with Crippen LogP contribution >= 0.6 is 7.75 Å². The van der Waals surface area contributed by atoms with Gasteiger partial charge in [0.15, 0.2) is 23.6 Å². The maximum atomic E-state index is 15.5. The van der Waals surface area contributed by atoms with E-state index in [1.807, 2.05) is 0 Å². The van der Waals surface area contributed by atoms with Crippen molar-refractivity contribution < 1.29 is 51.3 Å². The van der Waals surface area contributed by atoms with Crippen LogP contribution in [0.4, 0.5) is 4.39 Å². The van der Waals surface area contributed by atoms with Crippen molar-refractivity contribution in [1.82, 2.24) is 10.1 Å². The molecule has 3 N–H and O–H groups in total. The average Bonchev–Trinajstić information content (AvgIpc) is 3.60. The minimum atomic E-state index is -4.52. The lowest BCUT2D eigenvalue weighted by Crippen LogP contribution is -2.52. The van der Waals surface area contributed by atoms with E-state index >= 15 is 4.39 Å². The van der Waals surface area contributed by atoms with E-state index in [0.717, 1.165) is 0 Å². The van der Waals surface area contributed by atoms with E-state index in [-0.39, 0.29) is 30.8 Å². The second-order valence-corrected chi connectivity index (χ2v) is 13.0. The Morgan fingerprint density at radius 2 is 1.83 bits per heavy atom. The number of nitrogens with zero attached hydrogens (tertiary/aromatic N) is 3. The van der Waals surface area contributed by atoms with Gasteiger partial charge in [-0.3, -0.25) is 23.9 Å². The molecule has 3 aliphatic heterocycles. The summed E-state index contributed by atoms with van der Waals surface area (Å²) in [5.41, 5.74) is 4.36. The maximum absolute atomic E-state index is 15.5. The van der Waals surface area contributed by atoms with Gasteiger partial charge in [-0.1, -0.05) is 38.1 Å². The predicted molar refractivity (Wildman–Crippen MR) is 167 cm³/mol. The number of nitrogens with one attached hydrogen (secondary N) is 1. The van der Waals surface area contributed by atoms with Crippen LogP contribution in [0.5, 0.6) is 5.75 Å². The fraction of sp³-hybridized carbons (Fsp3) is 0.567. The van der Waals surface area contributed by atoms with Gasteiger partial charge in [-0.2, -0.15) is 10.2 Å². The van der Waals surface area contributed by atoms with Crippen LogP contribution in [0.2, 0.25) is 0 Å². The van der Waals surface area contributed by atoms with E-state index in [1.165, 1.54) is 37.3 Å². The fourth-order valence-electron chi connectivity index (χ4n) is 5.19. The molecule has 7 atom stereocenters. The number of carbonyl (C=O) groups excluding carboxylic acids is 3. The average molecular weight is 682 g/mol. The van der Waals surface area contributed by atoms with Crippen LogP contribution < -0.4 is 15.3 Å². The minimum Gasteiger partial charge on any atom is -0.462 e. The zero-order chi connectivity index (χ0) is 34.4. The van der Waals surface area contributed by atoms with Crippen molar-refractivity contribution >= 4 is 37.8 Å². The van der Waals surface area contributed by atoms with E-state index in [2.05, 4.69) is 15.2 Å². The molecule has 1 unspecified atom stereocenters. The van der Waals surface area contributed by atoms with Gasteiger partial charge in [0.25, 0.3) is 0 Å². The summed E-state index contributed by atoms with van der Waals surface area (Å²) in [6, 6.07) is 6.09. The van der Waals surface area contributed by atoms with Crippen molar-refractivity contribution in [1.29, 1.82) is 0 Å². The van der Waals surface area contributed by atoms with E-state index in [4.69, 9.17) is 33.7 Å². The van der Waals surface area contributed by atoms with E-state index in [1.54, 1.807) is 45.0 Å². The number of hydrogen-bond donors (Lipinski definition) is 2. The zero-order valence-corrected chi connectivity index (χ0v) is 27.8. The zero-order valence-electron chi connectivity index (χ0n) is 26.9. The van der Waals surface area contributed by atoms with Crippen molar-refractivity contribution in [3.05, 3.63) is 42.1 Å². The summed E-state index contributed by atoms with van der Waals surface area (Å²) in [5.74, 6) is -1.84. The predicted octanol–water partition coefficient (Wildman–Crippen LogP) is 3.14. The third kappa shape index (κ3) is 8.36. The lowest BCUT2D eigenvalue weighted by Gasteiger charge is -2.33. The summed E-state index contributed by atoms with van der Waals surface area (Å²) >= 11 is 0. The van der Waals surface area contributed by atoms with Crippen molar-refractivity contribution in [3.63, 3.8) is 0 Å². The van der Waals surface area contributed by atoms with Gasteiger partial charge in [-0.05, 0) is 39.3 Å². The highest BCUT2D eigenvalue weighted by atomic mass is 31.2. The van der Waals surface area contributed by atoms with Crippen molar-refractivity contribution in [2.45, 2.75) is 96.0 Å². The molecule has 1 aromatic rings. The number of alkyl halides is 1. The quantitative estimate of drug-likeness (QED) is 0.156. The first-order chi connectivity index (χ1) is 22.3. The molecule has 15 nitrogen and oxygen atoms in total. The number of hydrazone groups is 1. The number of fused-ring (bicyclic) bond motifs is 1. The number of hydrogen-bond acceptors (Lipinski definition) is 14. The number of ether oxygens (including phenoxy) is 4. The van der Waals surface area contributed by atoms with Gasteiger partial charge in [0, 0.05) is 12.8 Å². The van der Waals surface area contributed by atoms with Crippen molar-refractivity contribution in [2.24, 2.45) is 15.8 Å². The highest BCUT2D eigenvalue weighted by Crippen LogP contribution is 2.49. The number of amidine groups is 1. The second-order valence-electron chi connectivity index (χ2n) is 11.3. The lowest BCUT2D eigenvalue weighted by molar-refractivity contribution is -0.174. The number of esters is 3. The first-order valence-corrected chi connectivity index (χ1v) is 16.8. The summed E-state index contributed by atoms with van der Waals surface area (Å²) in [6.07, 6.45) is -1.37. The van der Waals surface area contributed by atoms with Crippen LogP contribution in [0, 0.1) is 0 Å². The molecule has 1 aromatic carbocycles. The van der Waals surface area contributed by atoms with Gasteiger partial charge in [0.05, 0.1) is 24.4 Å². The van der Waals surface area contributed by atoms with E-state index in [0.29, 0.717) is 5.70 Å². The summed E-state index contributed by atoms with van der Waals surface area (Å²) in [7, 11) is -4.52. The van der Waals surface area contributed by atoms with Gasteiger partial charge in [0.1, 0.15) is 30.9 Å². The fourth-order valence-corrected chi connectivity index (χ4v) is 6.73. The van der Waals surface area contributed by atoms with E-state index in [9.17, 15) is 18.9 Å². The Bertz CT molecular complexity index is 1440. The first-order valence-electron chi connectivity index (χ1n) is 15.3. The Kier molecular flexibility index (Phi) is 11.8. The molecule has 0 spiro atoms. The van der Waals surface area contributed by atoms with Gasteiger partial charge in [0.2, 0.25) is 0 Å². The molecule has 0 aromatic heterocycles. The lowest BCUT2D eigenvalue weighted by atomic mass is 9.93. The normalized spacial score (nSPS) is 26.9. The van der Waals surface area contributed by atoms with Gasteiger partial charge >= 0.3 is 25.7 Å². The summed E-state index contributed by atoms with van der Waals surface area (Å²) in [4.78, 5) is 42.0. The Labute approximate surface area is 272 Å². The van der Waals surface area contributed by atoms with Crippen LogP contribution in [0.3, 0.4) is 0 Å². The van der Waals surface area contributed by atoms with Crippen LogP contribution in [0.15, 0.2) is 52.2 Å². The molecule has 17 heteroatoms. The maximum Gasteiger partial charge on any atom is 0.459 e. The monoisotopic (exact) mass is 681 g/mol. The summed E-state index contributed by atoms with van der Waals surface area (Å²) < 4.78 is 64.3. The molecule has 0 aliphatic carbocycles. The largest absolute Gasteiger partial charge is 0.462 e. The number of para-hydroxylation sites is 1. The third-order valence-electron chi connectivity index (χ3n) is 7.47.